The molecule has 0 aromatic carbocycles. The van der Waals surface area contributed by atoms with E-state index in [1.165, 1.54) is 0 Å². The van der Waals surface area contributed by atoms with Gasteiger partial charge in [0, 0.05) is 5.71 Å². The first-order valence-electron chi connectivity index (χ1n) is 5.29. The minimum Gasteiger partial charge on any atom is -0.258 e. The predicted octanol–water partition coefficient (Wildman–Crippen LogP) is 4.70. The van der Waals surface area contributed by atoms with E-state index in [0.717, 1.165) is 17.0 Å². The molecule has 0 rings (SSSR count). The molecule has 1 nitrogen and oxygen atoms in total. The van der Waals surface area contributed by atoms with Crippen molar-refractivity contribution in [3.8, 4) is 0 Å². The molecular formula is C14H23N. The third kappa shape index (κ3) is 7.68. The van der Waals surface area contributed by atoms with E-state index >= 15 is 0 Å². The minimum absolute atomic E-state index is 0.869. The van der Waals surface area contributed by atoms with Crippen LogP contribution < -0.4 is 0 Å². The van der Waals surface area contributed by atoms with Crippen molar-refractivity contribution >= 4 is 5.71 Å². The topological polar surface area (TPSA) is 12.4 Å². The molecule has 0 atom stereocenters. The monoisotopic (exact) mass is 205 g/mol. The molecule has 0 fully saturated rings. The standard InChI is InChI=1S/C12H17N.C2H6/c1-6-9-11(7-2)12(8-3)13-10(4)5;1-2/h6-9H,2-3H2,1,4-5H3;1-2H3/b9-6-,12-11+;. The number of rotatable bonds is 4. The Labute approximate surface area is 94.6 Å². The normalized spacial score (nSPS) is 11.0. The molecule has 1 heteroatoms. The number of aliphatic imine (C=N–C) groups is 1. The molecule has 0 spiro atoms. The molecule has 0 radical (unpaired) electrons. The van der Waals surface area contributed by atoms with Gasteiger partial charge in [-0.15, -0.1) is 0 Å². The highest BCUT2D eigenvalue weighted by Crippen LogP contribution is 2.10. The van der Waals surface area contributed by atoms with E-state index in [1.807, 2.05) is 46.8 Å². The van der Waals surface area contributed by atoms with Crippen molar-refractivity contribution in [1.82, 2.24) is 0 Å². The highest BCUT2D eigenvalue weighted by atomic mass is 14.7. The summed E-state index contributed by atoms with van der Waals surface area (Å²) in [5.74, 6) is 0. The third-order valence-electron chi connectivity index (χ3n) is 1.40. The maximum absolute atomic E-state index is 4.34. The Hall–Kier alpha value is -1.37. The van der Waals surface area contributed by atoms with Gasteiger partial charge in [0.1, 0.15) is 0 Å². The summed E-state index contributed by atoms with van der Waals surface area (Å²) in [6.07, 6.45) is 7.45. The van der Waals surface area contributed by atoms with Gasteiger partial charge < -0.3 is 0 Å². The van der Waals surface area contributed by atoms with Gasteiger partial charge in [0.25, 0.3) is 0 Å². The SMILES string of the molecule is C=CC(/C=C\C)=C(/C=C)N=C(C)C.CC. The summed E-state index contributed by atoms with van der Waals surface area (Å²) in [4.78, 5) is 4.34. The molecule has 0 aliphatic carbocycles. The van der Waals surface area contributed by atoms with Crippen LogP contribution in [0.5, 0.6) is 0 Å². The van der Waals surface area contributed by atoms with Crippen molar-refractivity contribution in [2.24, 2.45) is 4.99 Å². The van der Waals surface area contributed by atoms with E-state index in [0.29, 0.717) is 0 Å². The largest absolute Gasteiger partial charge is 0.258 e. The van der Waals surface area contributed by atoms with E-state index in [1.54, 1.807) is 12.2 Å². The Morgan fingerprint density at radius 2 is 1.60 bits per heavy atom. The van der Waals surface area contributed by atoms with Crippen molar-refractivity contribution < 1.29 is 0 Å². The zero-order valence-corrected chi connectivity index (χ0v) is 10.7. The highest BCUT2D eigenvalue weighted by molar-refractivity contribution is 5.80. The van der Waals surface area contributed by atoms with Crippen LogP contribution in [0.1, 0.15) is 34.6 Å². The van der Waals surface area contributed by atoms with Gasteiger partial charge >= 0.3 is 0 Å². The Balaban J connectivity index is 0. The average Bonchev–Trinajstić information content (AvgIpc) is 2.25. The molecule has 0 saturated carbocycles. The van der Waals surface area contributed by atoms with E-state index < -0.39 is 0 Å². The van der Waals surface area contributed by atoms with Gasteiger partial charge in [-0.25, -0.2) is 0 Å². The molecular weight excluding hydrogens is 182 g/mol. The fourth-order valence-electron chi connectivity index (χ4n) is 0.906. The molecule has 0 N–H and O–H groups in total. The maximum Gasteiger partial charge on any atom is 0.0694 e. The summed E-state index contributed by atoms with van der Waals surface area (Å²) < 4.78 is 0. The Morgan fingerprint density at radius 1 is 1.07 bits per heavy atom. The van der Waals surface area contributed by atoms with Crippen molar-refractivity contribution in [3.63, 3.8) is 0 Å². The van der Waals surface area contributed by atoms with Crippen LogP contribution in [0.15, 0.2) is 53.7 Å². The Morgan fingerprint density at radius 3 is 1.87 bits per heavy atom. The second-order valence-corrected chi connectivity index (χ2v) is 2.81. The van der Waals surface area contributed by atoms with Crippen LogP contribution in [0.2, 0.25) is 0 Å². The van der Waals surface area contributed by atoms with Crippen molar-refractivity contribution in [3.05, 3.63) is 48.7 Å². The molecule has 84 valence electrons. The smallest absolute Gasteiger partial charge is 0.0694 e. The van der Waals surface area contributed by atoms with Crippen molar-refractivity contribution in [2.45, 2.75) is 34.6 Å². The molecule has 0 bridgehead atoms. The molecule has 0 unspecified atom stereocenters. The van der Waals surface area contributed by atoms with Crippen molar-refractivity contribution in [2.75, 3.05) is 0 Å². The first-order chi connectivity index (χ1) is 7.15. The van der Waals surface area contributed by atoms with Gasteiger partial charge in [-0.1, -0.05) is 45.2 Å². The molecule has 0 aromatic rings. The number of allylic oxidation sites excluding steroid dienone is 5. The van der Waals surface area contributed by atoms with Gasteiger partial charge in [-0.3, -0.25) is 4.99 Å². The van der Waals surface area contributed by atoms with Gasteiger partial charge in [0.15, 0.2) is 0 Å². The lowest BCUT2D eigenvalue weighted by Crippen LogP contribution is -1.85. The third-order valence-corrected chi connectivity index (χ3v) is 1.40. The van der Waals surface area contributed by atoms with Crippen LogP contribution >= 0.6 is 0 Å². The number of hydrogen-bond acceptors (Lipinski definition) is 1. The zero-order chi connectivity index (χ0) is 12.3. The summed E-state index contributed by atoms with van der Waals surface area (Å²) in [6.45, 7) is 17.3. The first-order valence-corrected chi connectivity index (χ1v) is 5.29. The van der Waals surface area contributed by atoms with E-state index in [4.69, 9.17) is 0 Å². The van der Waals surface area contributed by atoms with Crippen LogP contribution in [-0.4, -0.2) is 5.71 Å². The molecule has 15 heavy (non-hydrogen) atoms. The second kappa shape index (κ2) is 10.7. The van der Waals surface area contributed by atoms with Gasteiger partial charge in [-0.2, -0.15) is 0 Å². The summed E-state index contributed by atoms with van der Waals surface area (Å²) >= 11 is 0. The molecule has 0 heterocycles. The first kappa shape index (κ1) is 16.1. The summed E-state index contributed by atoms with van der Waals surface area (Å²) in [5, 5.41) is 0. The fraction of sp³-hybridized carbons (Fsp3) is 0.357. The van der Waals surface area contributed by atoms with E-state index in [9.17, 15) is 0 Å². The lowest BCUT2D eigenvalue weighted by molar-refractivity contribution is 1.34. The van der Waals surface area contributed by atoms with Crippen molar-refractivity contribution in [1.29, 1.82) is 0 Å². The number of hydrogen-bond donors (Lipinski definition) is 0. The zero-order valence-electron chi connectivity index (χ0n) is 10.7. The maximum atomic E-state index is 4.34. The molecule has 0 saturated heterocycles. The minimum atomic E-state index is 0.869. The Bertz CT molecular complexity index is 274. The summed E-state index contributed by atoms with van der Waals surface area (Å²) in [5.41, 5.74) is 2.88. The van der Waals surface area contributed by atoms with Crippen LogP contribution in [0, 0.1) is 0 Å². The molecule has 0 aliphatic rings. The van der Waals surface area contributed by atoms with Crippen LogP contribution in [0.4, 0.5) is 0 Å². The lowest BCUT2D eigenvalue weighted by atomic mass is 10.2. The van der Waals surface area contributed by atoms with Crippen LogP contribution in [0.3, 0.4) is 0 Å². The van der Waals surface area contributed by atoms with Gasteiger partial charge in [0.2, 0.25) is 0 Å². The summed E-state index contributed by atoms with van der Waals surface area (Å²) in [6, 6.07) is 0. The lowest BCUT2D eigenvalue weighted by Gasteiger charge is -1.99. The number of nitrogens with zero attached hydrogens (tertiary/aromatic N) is 1. The van der Waals surface area contributed by atoms with E-state index in [-0.39, 0.29) is 0 Å². The average molecular weight is 205 g/mol. The van der Waals surface area contributed by atoms with Crippen LogP contribution in [-0.2, 0) is 0 Å². The molecule has 0 aliphatic heterocycles. The highest BCUT2D eigenvalue weighted by Gasteiger charge is 1.94. The van der Waals surface area contributed by atoms with Crippen LogP contribution in [0.25, 0.3) is 0 Å². The Kier molecular flexibility index (Phi) is 11.5. The predicted molar refractivity (Wildman–Crippen MR) is 72.4 cm³/mol. The van der Waals surface area contributed by atoms with Gasteiger partial charge in [0.05, 0.1) is 5.70 Å². The second-order valence-electron chi connectivity index (χ2n) is 2.81. The van der Waals surface area contributed by atoms with E-state index in [2.05, 4.69) is 18.2 Å². The summed E-state index contributed by atoms with van der Waals surface area (Å²) in [7, 11) is 0. The molecule has 0 aromatic heterocycles. The fourth-order valence-corrected chi connectivity index (χ4v) is 0.906. The van der Waals surface area contributed by atoms with Gasteiger partial charge in [-0.05, 0) is 32.4 Å². The molecule has 0 amide bonds. The quantitative estimate of drug-likeness (QED) is 0.466.